The van der Waals surface area contributed by atoms with Crippen molar-refractivity contribution in [1.82, 2.24) is 30.5 Å². The number of hydrogen-bond donors (Lipinski definition) is 2. The highest BCUT2D eigenvalue weighted by Crippen LogP contribution is 2.31. The number of imide groups is 1. The maximum Gasteiger partial charge on any atom is 0.320 e. The number of carbonyl (C=O) groups is 4. The van der Waals surface area contributed by atoms with Gasteiger partial charge in [-0.3, -0.25) is 24.5 Å². The number of carbonyl (C=O) groups excluding carboxylic acids is 4. The first-order valence-corrected chi connectivity index (χ1v) is 10.7. The second-order valence-corrected chi connectivity index (χ2v) is 9.05. The lowest BCUT2D eigenvalue weighted by atomic mass is 10.0. The minimum atomic E-state index is -0.682. The molecule has 2 aromatic rings. The van der Waals surface area contributed by atoms with Crippen LogP contribution in [0.3, 0.4) is 0 Å². The van der Waals surface area contributed by atoms with Crippen LogP contribution in [0.25, 0.3) is 5.69 Å². The highest BCUT2D eigenvalue weighted by Gasteiger charge is 2.40. The highest BCUT2D eigenvalue weighted by molar-refractivity contribution is 6.05. The maximum absolute atomic E-state index is 13.0. The Balaban J connectivity index is 1.45. The summed E-state index contributed by atoms with van der Waals surface area (Å²) in [6.45, 7) is 6.02. The molecule has 0 aliphatic carbocycles. The van der Waals surface area contributed by atoms with E-state index in [1.54, 1.807) is 43.8 Å². The Kier molecular flexibility index (Phi) is 5.98. The van der Waals surface area contributed by atoms with Gasteiger partial charge in [-0.25, -0.2) is 4.68 Å². The molecule has 0 saturated carbocycles. The van der Waals surface area contributed by atoms with E-state index in [9.17, 15) is 19.2 Å². The first kappa shape index (κ1) is 22.6. The van der Waals surface area contributed by atoms with E-state index in [0.29, 0.717) is 29.9 Å². The molecule has 3 amide bonds. The molecule has 1 aromatic heterocycles. The molecule has 174 valence electrons. The molecule has 11 heteroatoms. The van der Waals surface area contributed by atoms with Crippen LogP contribution >= 0.6 is 0 Å². The van der Waals surface area contributed by atoms with E-state index in [0.717, 1.165) is 5.56 Å². The summed E-state index contributed by atoms with van der Waals surface area (Å²) in [6.07, 6.45) is 2.22. The number of ether oxygens (including phenoxy) is 1. The molecule has 33 heavy (non-hydrogen) atoms. The summed E-state index contributed by atoms with van der Waals surface area (Å²) in [7, 11) is 0. The third kappa shape index (κ3) is 4.92. The predicted molar refractivity (Wildman–Crippen MR) is 115 cm³/mol. The molecule has 0 radical (unpaired) electrons. The van der Waals surface area contributed by atoms with Gasteiger partial charge in [0.2, 0.25) is 11.8 Å². The number of hydrogen-bond acceptors (Lipinski definition) is 8. The summed E-state index contributed by atoms with van der Waals surface area (Å²) in [5.41, 5.74) is 1.99. The van der Waals surface area contributed by atoms with Crippen molar-refractivity contribution in [3.8, 4) is 5.69 Å². The molecular formula is C22H26N6O5. The molecule has 3 heterocycles. The Morgan fingerprint density at radius 2 is 2.06 bits per heavy atom. The van der Waals surface area contributed by atoms with E-state index in [4.69, 9.17) is 4.74 Å². The molecule has 2 N–H and O–H groups in total. The van der Waals surface area contributed by atoms with Crippen molar-refractivity contribution < 1.29 is 23.9 Å². The smallest absolute Gasteiger partial charge is 0.320 e. The third-order valence-corrected chi connectivity index (χ3v) is 5.34. The standard InChI is InChI=1S/C22H26N6O5/c1-22(2,3)33-19(30)10-23-9-13-11-28(26-25-13)16-6-4-5-14-15(16)12-27(21(14)32)17-7-8-18(29)24-20(17)31/h4-6,11,17,23H,7-10,12H2,1-3H3,(H,24,29,31). The van der Waals surface area contributed by atoms with E-state index in [2.05, 4.69) is 20.9 Å². The van der Waals surface area contributed by atoms with Gasteiger partial charge in [-0.1, -0.05) is 11.3 Å². The second-order valence-electron chi connectivity index (χ2n) is 9.05. The van der Waals surface area contributed by atoms with Crippen molar-refractivity contribution in [2.24, 2.45) is 0 Å². The van der Waals surface area contributed by atoms with Gasteiger partial charge in [-0.05, 0) is 39.3 Å². The zero-order valence-corrected chi connectivity index (χ0v) is 18.8. The monoisotopic (exact) mass is 454 g/mol. The van der Waals surface area contributed by atoms with Gasteiger partial charge in [0, 0.05) is 30.6 Å². The van der Waals surface area contributed by atoms with Crippen LogP contribution in [0, 0.1) is 0 Å². The van der Waals surface area contributed by atoms with Gasteiger partial charge in [0.1, 0.15) is 11.6 Å². The Morgan fingerprint density at radius 1 is 1.27 bits per heavy atom. The third-order valence-electron chi connectivity index (χ3n) is 5.34. The molecule has 1 fully saturated rings. The minimum Gasteiger partial charge on any atom is -0.459 e. The van der Waals surface area contributed by atoms with Crippen LogP contribution < -0.4 is 10.6 Å². The number of piperidine rings is 1. The van der Waals surface area contributed by atoms with Crippen molar-refractivity contribution in [3.05, 3.63) is 41.2 Å². The first-order valence-electron chi connectivity index (χ1n) is 10.7. The van der Waals surface area contributed by atoms with Crippen LogP contribution in [0.5, 0.6) is 0 Å². The predicted octanol–water partition coefficient (Wildman–Crippen LogP) is 0.460. The minimum absolute atomic E-state index is 0.0419. The van der Waals surface area contributed by atoms with Crippen LogP contribution in [0.1, 0.15) is 55.2 Å². The second kappa shape index (κ2) is 8.74. The van der Waals surface area contributed by atoms with Gasteiger partial charge in [0.25, 0.3) is 5.91 Å². The summed E-state index contributed by atoms with van der Waals surface area (Å²) >= 11 is 0. The van der Waals surface area contributed by atoms with E-state index in [-0.39, 0.29) is 37.3 Å². The fourth-order valence-electron chi connectivity index (χ4n) is 3.95. The Labute approximate surface area is 190 Å². The average Bonchev–Trinajstić information content (AvgIpc) is 3.32. The molecule has 0 spiro atoms. The van der Waals surface area contributed by atoms with E-state index in [1.807, 2.05) is 6.07 Å². The number of amides is 3. The summed E-state index contributed by atoms with van der Waals surface area (Å²) in [5.74, 6) is -1.38. The molecule has 4 rings (SSSR count). The number of nitrogens with one attached hydrogen (secondary N) is 2. The summed E-state index contributed by atoms with van der Waals surface area (Å²) in [5, 5.41) is 13.6. The summed E-state index contributed by atoms with van der Waals surface area (Å²) in [6, 6.07) is 4.61. The van der Waals surface area contributed by atoms with Crippen molar-refractivity contribution in [2.45, 2.75) is 58.3 Å². The number of rotatable bonds is 6. The van der Waals surface area contributed by atoms with Gasteiger partial charge in [0.15, 0.2) is 0 Å². The quantitative estimate of drug-likeness (QED) is 0.475. The molecule has 1 atom stereocenters. The van der Waals surface area contributed by atoms with Crippen molar-refractivity contribution in [3.63, 3.8) is 0 Å². The first-order chi connectivity index (χ1) is 15.6. The van der Waals surface area contributed by atoms with Crippen molar-refractivity contribution in [2.75, 3.05) is 6.54 Å². The number of esters is 1. The van der Waals surface area contributed by atoms with Gasteiger partial charge in [0.05, 0.1) is 24.1 Å². The normalized spacial score (nSPS) is 18.3. The van der Waals surface area contributed by atoms with Crippen LogP contribution in [0.4, 0.5) is 0 Å². The number of aromatic nitrogens is 3. The number of nitrogens with zero attached hydrogens (tertiary/aromatic N) is 4. The molecule has 1 saturated heterocycles. The molecule has 0 bridgehead atoms. The van der Waals surface area contributed by atoms with Crippen LogP contribution in [0.2, 0.25) is 0 Å². The Bertz CT molecular complexity index is 1120. The summed E-state index contributed by atoms with van der Waals surface area (Å²) < 4.78 is 6.83. The molecule has 1 unspecified atom stereocenters. The largest absolute Gasteiger partial charge is 0.459 e. The fourth-order valence-corrected chi connectivity index (χ4v) is 3.95. The lowest BCUT2D eigenvalue weighted by Crippen LogP contribution is -2.52. The van der Waals surface area contributed by atoms with E-state index >= 15 is 0 Å². The maximum atomic E-state index is 13.0. The highest BCUT2D eigenvalue weighted by atomic mass is 16.6. The van der Waals surface area contributed by atoms with Crippen LogP contribution in [-0.4, -0.2) is 61.8 Å². The molecule has 1 aromatic carbocycles. The molecule has 11 nitrogen and oxygen atoms in total. The zero-order chi connectivity index (χ0) is 23.8. The topological polar surface area (TPSA) is 136 Å². The number of fused-ring (bicyclic) bond motifs is 1. The van der Waals surface area contributed by atoms with Crippen molar-refractivity contribution >= 4 is 23.7 Å². The molecular weight excluding hydrogens is 428 g/mol. The Morgan fingerprint density at radius 3 is 2.79 bits per heavy atom. The average molecular weight is 454 g/mol. The fraction of sp³-hybridized carbons (Fsp3) is 0.455. The van der Waals surface area contributed by atoms with Crippen LogP contribution in [-0.2, 0) is 32.2 Å². The zero-order valence-electron chi connectivity index (χ0n) is 18.8. The van der Waals surface area contributed by atoms with Gasteiger partial charge >= 0.3 is 5.97 Å². The van der Waals surface area contributed by atoms with E-state index < -0.39 is 17.6 Å². The van der Waals surface area contributed by atoms with Gasteiger partial charge in [-0.15, -0.1) is 5.10 Å². The number of benzene rings is 1. The summed E-state index contributed by atoms with van der Waals surface area (Å²) in [4.78, 5) is 50.0. The van der Waals surface area contributed by atoms with Gasteiger partial charge < -0.3 is 15.0 Å². The van der Waals surface area contributed by atoms with Gasteiger partial charge in [-0.2, -0.15) is 0 Å². The Hall–Kier alpha value is -3.60. The van der Waals surface area contributed by atoms with Crippen LogP contribution in [0.15, 0.2) is 24.4 Å². The van der Waals surface area contributed by atoms with E-state index in [1.165, 1.54) is 4.90 Å². The lowest BCUT2D eigenvalue weighted by molar-refractivity contribution is -0.153. The molecule has 2 aliphatic heterocycles. The molecule has 2 aliphatic rings. The lowest BCUT2D eigenvalue weighted by Gasteiger charge is -2.29. The van der Waals surface area contributed by atoms with Crippen molar-refractivity contribution in [1.29, 1.82) is 0 Å². The SMILES string of the molecule is CC(C)(C)OC(=O)CNCc1cn(-c2cccc3c2CN(C2CCC(=O)NC2=O)C3=O)nn1.